The molecule has 102 valence electrons. The largest absolute Gasteiger partial charge is 0.495 e. The number of aromatic nitrogens is 2. The maximum absolute atomic E-state index is 6.04. The van der Waals surface area contributed by atoms with Crippen molar-refractivity contribution in [3.63, 3.8) is 0 Å². The Morgan fingerprint density at radius 3 is 2.68 bits per heavy atom. The Labute approximate surface area is 113 Å². The number of imidazole rings is 1. The molecule has 2 aromatic rings. The van der Waals surface area contributed by atoms with Crippen LogP contribution in [0.15, 0.2) is 12.1 Å². The average molecular weight is 259 g/mol. The third kappa shape index (κ3) is 2.05. The van der Waals surface area contributed by atoms with Crippen LogP contribution in [0.1, 0.15) is 44.0 Å². The first-order valence-corrected chi connectivity index (χ1v) is 7.02. The zero-order valence-corrected chi connectivity index (χ0v) is 11.6. The molecule has 1 saturated carbocycles. The molecule has 0 spiro atoms. The van der Waals surface area contributed by atoms with E-state index < -0.39 is 0 Å². The predicted molar refractivity (Wildman–Crippen MR) is 77.6 cm³/mol. The third-order valence-electron chi connectivity index (χ3n) is 4.16. The van der Waals surface area contributed by atoms with Crippen LogP contribution in [0.2, 0.25) is 0 Å². The van der Waals surface area contributed by atoms with Crippen molar-refractivity contribution in [2.75, 3.05) is 12.8 Å². The number of nitrogens with zero attached hydrogens (tertiary/aromatic N) is 2. The predicted octanol–water partition coefficient (Wildman–Crippen LogP) is 3.44. The zero-order chi connectivity index (χ0) is 13.4. The number of hydrogen-bond donors (Lipinski definition) is 1. The second kappa shape index (κ2) is 4.76. The fourth-order valence-electron chi connectivity index (χ4n) is 3.24. The van der Waals surface area contributed by atoms with E-state index in [9.17, 15) is 0 Å². The van der Waals surface area contributed by atoms with Gasteiger partial charge in [-0.1, -0.05) is 19.3 Å². The van der Waals surface area contributed by atoms with Crippen LogP contribution in [-0.2, 0) is 0 Å². The molecule has 0 saturated heterocycles. The molecule has 1 heterocycles. The minimum Gasteiger partial charge on any atom is -0.495 e. The second-order valence-electron chi connectivity index (χ2n) is 5.40. The van der Waals surface area contributed by atoms with Gasteiger partial charge in [0.25, 0.3) is 0 Å². The number of benzene rings is 1. The maximum atomic E-state index is 6.04. The van der Waals surface area contributed by atoms with E-state index in [1.54, 1.807) is 7.11 Å². The van der Waals surface area contributed by atoms with Gasteiger partial charge in [-0.2, -0.15) is 0 Å². The maximum Gasteiger partial charge on any atom is 0.144 e. The Hall–Kier alpha value is -1.71. The number of nitrogen functional groups attached to an aromatic ring is 1. The van der Waals surface area contributed by atoms with Crippen LogP contribution in [0.5, 0.6) is 5.75 Å². The van der Waals surface area contributed by atoms with Gasteiger partial charge in [-0.3, -0.25) is 0 Å². The minimum absolute atomic E-state index is 0.576. The number of methoxy groups -OCH3 is 1. The van der Waals surface area contributed by atoms with Crippen LogP contribution in [0.4, 0.5) is 5.69 Å². The normalized spacial score (nSPS) is 16.9. The number of fused-ring (bicyclic) bond motifs is 1. The van der Waals surface area contributed by atoms with Crippen LogP contribution in [-0.4, -0.2) is 16.7 Å². The third-order valence-corrected chi connectivity index (χ3v) is 4.16. The van der Waals surface area contributed by atoms with Crippen LogP contribution >= 0.6 is 0 Å². The Balaban J connectivity index is 2.13. The monoisotopic (exact) mass is 259 g/mol. The number of anilines is 1. The van der Waals surface area contributed by atoms with Gasteiger partial charge in [0.2, 0.25) is 0 Å². The Morgan fingerprint density at radius 1 is 1.26 bits per heavy atom. The molecule has 0 atom stereocenters. The van der Waals surface area contributed by atoms with Crippen molar-refractivity contribution in [3.8, 4) is 5.75 Å². The first kappa shape index (κ1) is 12.3. The van der Waals surface area contributed by atoms with E-state index in [1.165, 1.54) is 32.1 Å². The summed E-state index contributed by atoms with van der Waals surface area (Å²) >= 11 is 0. The highest BCUT2D eigenvalue weighted by Crippen LogP contribution is 2.35. The van der Waals surface area contributed by atoms with Crippen LogP contribution in [0.3, 0.4) is 0 Å². The molecule has 0 amide bonds. The van der Waals surface area contributed by atoms with Gasteiger partial charge < -0.3 is 15.0 Å². The molecular formula is C15H21N3O. The lowest BCUT2D eigenvalue weighted by atomic mass is 9.95. The molecule has 2 N–H and O–H groups in total. The molecule has 1 aliphatic carbocycles. The molecule has 1 fully saturated rings. The van der Waals surface area contributed by atoms with Gasteiger partial charge in [0.1, 0.15) is 11.6 Å². The fraction of sp³-hybridized carbons (Fsp3) is 0.533. The van der Waals surface area contributed by atoms with E-state index in [2.05, 4.69) is 16.5 Å². The lowest BCUT2D eigenvalue weighted by molar-refractivity contribution is 0.355. The van der Waals surface area contributed by atoms with Gasteiger partial charge in [-0.15, -0.1) is 0 Å². The van der Waals surface area contributed by atoms with Crippen LogP contribution < -0.4 is 10.5 Å². The summed E-state index contributed by atoms with van der Waals surface area (Å²) < 4.78 is 7.64. The number of aryl methyl sites for hydroxylation is 1. The van der Waals surface area contributed by atoms with Gasteiger partial charge in [-0.25, -0.2) is 4.98 Å². The Kier molecular flexibility index (Phi) is 3.09. The Bertz CT molecular complexity index is 597. The van der Waals surface area contributed by atoms with Crippen molar-refractivity contribution >= 4 is 16.7 Å². The molecule has 0 radical (unpaired) electrons. The number of nitrogens with two attached hydrogens (primary N) is 1. The molecule has 0 aliphatic heterocycles. The minimum atomic E-state index is 0.576. The topological polar surface area (TPSA) is 53.1 Å². The summed E-state index contributed by atoms with van der Waals surface area (Å²) in [6.07, 6.45) is 6.49. The number of hydrogen-bond acceptors (Lipinski definition) is 3. The SMILES string of the molecule is COc1cc2nc(C)n(C3CCCCC3)c2cc1N. The summed E-state index contributed by atoms with van der Waals surface area (Å²) in [7, 11) is 1.64. The summed E-state index contributed by atoms with van der Waals surface area (Å²) in [5, 5.41) is 0. The van der Waals surface area contributed by atoms with Gasteiger partial charge in [0, 0.05) is 12.1 Å². The molecule has 1 aliphatic rings. The zero-order valence-electron chi connectivity index (χ0n) is 11.6. The summed E-state index contributed by atoms with van der Waals surface area (Å²) in [6, 6.07) is 4.52. The molecule has 19 heavy (non-hydrogen) atoms. The van der Waals surface area contributed by atoms with Crippen LogP contribution in [0.25, 0.3) is 11.0 Å². The lowest BCUT2D eigenvalue weighted by Crippen LogP contribution is -2.14. The lowest BCUT2D eigenvalue weighted by Gasteiger charge is -2.25. The highest BCUT2D eigenvalue weighted by Gasteiger charge is 2.20. The van der Waals surface area contributed by atoms with Crippen molar-refractivity contribution in [3.05, 3.63) is 18.0 Å². The second-order valence-corrected chi connectivity index (χ2v) is 5.40. The van der Waals surface area contributed by atoms with E-state index in [4.69, 9.17) is 10.5 Å². The van der Waals surface area contributed by atoms with E-state index in [0.717, 1.165) is 16.9 Å². The molecule has 1 aromatic heterocycles. The summed E-state index contributed by atoms with van der Waals surface area (Å²) in [5.74, 6) is 1.79. The summed E-state index contributed by atoms with van der Waals surface area (Å²) in [6.45, 7) is 2.08. The highest BCUT2D eigenvalue weighted by atomic mass is 16.5. The molecule has 4 heteroatoms. The summed E-state index contributed by atoms with van der Waals surface area (Å²) in [4.78, 5) is 4.67. The summed E-state index contributed by atoms with van der Waals surface area (Å²) in [5.41, 5.74) is 8.85. The quantitative estimate of drug-likeness (QED) is 0.840. The van der Waals surface area contributed by atoms with Crippen molar-refractivity contribution in [2.45, 2.75) is 45.1 Å². The molecule has 0 bridgehead atoms. The standard InChI is InChI=1S/C15H21N3O/c1-10-17-13-9-15(19-2)12(16)8-14(13)18(10)11-6-4-3-5-7-11/h8-9,11H,3-7,16H2,1-2H3. The average Bonchev–Trinajstić information content (AvgIpc) is 2.74. The van der Waals surface area contributed by atoms with E-state index >= 15 is 0 Å². The number of rotatable bonds is 2. The van der Waals surface area contributed by atoms with Gasteiger partial charge in [0.15, 0.2) is 0 Å². The molecular weight excluding hydrogens is 238 g/mol. The number of ether oxygens (including phenoxy) is 1. The van der Waals surface area contributed by atoms with Crippen LogP contribution in [0, 0.1) is 6.92 Å². The molecule has 1 aromatic carbocycles. The van der Waals surface area contributed by atoms with E-state index in [0.29, 0.717) is 17.5 Å². The van der Waals surface area contributed by atoms with Gasteiger partial charge >= 0.3 is 0 Å². The molecule has 3 rings (SSSR count). The molecule has 0 unspecified atom stereocenters. The van der Waals surface area contributed by atoms with Crippen molar-refractivity contribution in [2.24, 2.45) is 0 Å². The van der Waals surface area contributed by atoms with Crippen molar-refractivity contribution in [1.29, 1.82) is 0 Å². The Morgan fingerprint density at radius 2 is 2.00 bits per heavy atom. The van der Waals surface area contributed by atoms with Gasteiger partial charge in [-0.05, 0) is 25.8 Å². The van der Waals surface area contributed by atoms with Crippen molar-refractivity contribution < 1.29 is 4.74 Å². The van der Waals surface area contributed by atoms with E-state index in [1.807, 2.05) is 12.1 Å². The van der Waals surface area contributed by atoms with E-state index in [-0.39, 0.29) is 0 Å². The molecule has 4 nitrogen and oxygen atoms in total. The first-order valence-electron chi connectivity index (χ1n) is 7.02. The van der Waals surface area contributed by atoms with Crippen molar-refractivity contribution in [1.82, 2.24) is 9.55 Å². The highest BCUT2D eigenvalue weighted by molar-refractivity contribution is 5.83. The smallest absolute Gasteiger partial charge is 0.144 e. The first-order chi connectivity index (χ1) is 9.20. The van der Waals surface area contributed by atoms with Gasteiger partial charge in [0.05, 0.1) is 23.8 Å². The fourth-order valence-corrected chi connectivity index (χ4v) is 3.24.